The lowest BCUT2D eigenvalue weighted by molar-refractivity contribution is 0.518. The smallest absolute Gasteiger partial charge is 0.242 e. The molecule has 0 aromatic heterocycles. The summed E-state index contributed by atoms with van der Waals surface area (Å²) in [6.45, 7) is 0.298. The molecule has 0 aliphatic rings. The molecular weight excluding hydrogens is 267 g/mol. The molecule has 7 heteroatoms. The van der Waals surface area contributed by atoms with Gasteiger partial charge in [0.15, 0.2) is 0 Å². The van der Waals surface area contributed by atoms with Crippen molar-refractivity contribution >= 4 is 21.6 Å². The van der Waals surface area contributed by atoms with Crippen molar-refractivity contribution in [3.05, 3.63) is 28.5 Å². The normalized spacial score (nSPS) is 12.1. The predicted molar refractivity (Wildman–Crippen MR) is 65.0 cm³/mol. The summed E-state index contributed by atoms with van der Waals surface area (Å²) in [5.41, 5.74) is 0.412. The fraction of sp³-hybridized carbons (Fsp3) is 0.400. The first-order valence-electron chi connectivity index (χ1n) is 4.85. The van der Waals surface area contributed by atoms with Gasteiger partial charge in [-0.25, -0.2) is 17.1 Å². The number of sulfonamides is 1. The quantitative estimate of drug-likeness (QED) is 0.908. The Balaban J connectivity index is 3.38. The summed E-state index contributed by atoms with van der Waals surface area (Å²) >= 11 is 5.75. The van der Waals surface area contributed by atoms with Crippen LogP contribution in [-0.2, 0) is 16.6 Å². The van der Waals surface area contributed by atoms with Gasteiger partial charge in [-0.1, -0.05) is 11.6 Å². The summed E-state index contributed by atoms with van der Waals surface area (Å²) in [5.74, 6) is -0.736. The van der Waals surface area contributed by atoms with Crippen LogP contribution in [0.5, 0.6) is 0 Å². The van der Waals surface area contributed by atoms with Crippen molar-refractivity contribution in [3.63, 3.8) is 0 Å². The Morgan fingerprint density at radius 1 is 1.41 bits per heavy atom. The number of hydrogen-bond acceptors (Lipinski definition) is 3. The first-order chi connectivity index (χ1) is 7.80. The Kier molecular flexibility index (Phi) is 4.48. The van der Waals surface area contributed by atoms with Crippen LogP contribution in [0.1, 0.15) is 5.56 Å². The van der Waals surface area contributed by atoms with Crippen molar-refractivity contribution in [2.75, 3.05) is 21.1 Å². The molecule has 0 radical (unpaired) electrons. The highest BCUT2D eigenvalue weighted by Gasteiger charge is 2.20. The second kappa shape index (κ2) is 5.30. The predicted octanol–water partition coefficient (Wildman–Crippen LogP) is 1.45. The van der Waals surface area contributed by atoms with Crippen molar-refractivity contribution < 1.29 is 12.8 Å². The van der Waals surface area contributed by atoms with Gasteiger partial charge in [-0.15, -0.1) is 0 Å². The SMILES string of the molecule is CNCc1cc(S(=O)(=O)N(C)C)cc(F)c1Cl. The molecule has 1 aromatic carbocycles. The van der Waals surface area contributed by atoms with E-state index in [1.54, 1.807) is 7.05 Å². The molecule has 0 fully saturated rings. The Labute approximate surface area is 105 Å². The van der Waals surface area contributed by atoms with Crippen LogP contribution in [0.4, 0.5) is 4.39 Å². The van der Waals surface area contributed by atoms with Crippen LogP contribution in [0.3, 0.4) is 0 Å². The van der Waals surface area contributed by atoms with E-state index in [1.807, 2.05) is 0 Å². The molecule has 0 amide bonds. The molecular formula is C10H14ClFN2O2S. The zero-order valence-corrected chi connectivity index (χ0v) is 11.4. The summed E-state index contributed by atoms with van der Waals surface area (Å²) < 4.78 is 38.2. The minimum Gasteiger partial charge on any atom is -0.316 e. The van der Waals surface area contributed by atoms with Gasteiger partial charge in [0, 0.05) is 20.6 Å². The average molecular weight is 281 g/mol. The second-order valence-electron chi connectivity index (χ2n) is 3.70. The van der Waals surface area contributed by atoms with E-state index in [9.17, 15) is 12.8 Å². The van der Waals surface area contributed by atoms with E-state index in [2.05, 4.69) is 5.32 Å². The summed E-state index contributed by atoms with van der Waals surface area (Å²) in [6.07, 6.45) is 0. The number of rotatable bonds is 4. The van der Waals surface area contributed by atoms with Crippen LogP contribution >= 0.6 is 11.6 Å². The lowest BCUT2D eigenvalue weighted by Gasteiger charge is -2.13. The van der Waals surface area contributed by atoms with E-state index in [-0.39, 0.29) is 9.92 Å². The van der Waals surface area contributed by atoms with Gasteiger partial charge in [-0.2, -0.15) is 0 Å². The van der Waals surface area contributed by atoms with Crippen molar-refractivity contribution in [1.82, 2.24) is 9.62 Å². The van der Waals surface area contributed by atoms with Crippen LogP contribution in [0.25, 0.3) is 0 Å². The van der Waals surface area contributed by atoms with E-state index in [0.29, 0.717) is 12.1 Å². The zero-order chi connectivity index (χ0) is 13.2. The van der Waals surface area contributed by atoms with Gasteiger partial charge in [0.25, 0.3) is 0 Å². The Hall–Kier alpha value is -0.690. The minimum atomic E-state index is -3.65. The molecule has 17 heavy (non-hydrogen) atoms. The molecule has 0 atom stereocenters. The molecule has 0 saturated heterocycles. The highest BCUT2D eigenvalue weighted by Crippen LogP contribution is 2.25. The standard InChI is InChI=1S/C10H14ClFN2O2S/c1-13-6-7-4-8(5-9(12)10(7)11)17(15,16)14(2)3/h4-5,13H,6H2,1-3H3. The van der Waals surface area contributed by atoms with E-state index in [0.717, 1.165) is 10.4 Å². The fourth-order valence-corrected chi connectivity index (χ4v) is 2.44. The summed E-state index contributed by atoms with van der Waals surface area (Å²) in [5, 5.41) is 2.74. The minimum absolute atomic E-state index is 0.0583. The zero-order valence-electron chi connectivity index (χ0n) is 9.79. The largest absolute Gasteiger partial charge is 0.316 e. The Bertz CT molecular complexity index is 517. The van der Waals surface area contributed by atoms with Gasteiger partial charge in [0.1, 0.15) is 5.82 Å². The highest BCUT2D eigenvalue weighted by atomic mass is 35.5. The van der Waals surface area contributed by atoms with E-state index >= 15 is 0 Å². The maximum absolute atomic E-state index is 13.5. The van der Waals surface area contributed by atoms with E-state index in [1.165, 1.54) is 20.2 Å². The lowest BCUT2D eigenvalue weighted by atomic mass is 10.2. The molecule has 0 heterocycles. The van der Waals surface area contributed by atoms with Gasteiger partial charge in [0.05, 0.1) is 9.92 Å². The van der Waals surface area contributed by atoms with Crippen LogP contribution in [-0.4, -0.2) is 33.9 Å². The Morgan fingerprint density at radius 3 is 2.47 bits per heavy atom. The second-order valence-corrected chi connectivity index (χ2v) is 6.23. The third kappa shape index (κ3) is 2.95. The number of hydrogen-bond donors (Lipinski definition) is 1. The maximum Gasteiger partial charge on any atom is 0.242 e. The number of nitrogens with one attached hydrogen (secondary N) is 1. The maximum atomic E-state index is 13.5. The van der Waals surface area contributed by atoms with Gasteiger partial charge in [-0.3, -0.25) is 0 Å². The number of benzene rings is 1. The van der Waals surface area contributed by atoms with Crippen molar-refractivity contribution in [2.45, 2.75) is 11.4 Å². The summed E-state index contributed by atoms with van der Waals surface area (Å²) in [4.78, 5) is -0.102. The van der Waals surface area contributed by atoms with Crippen molar-refractivity contribution in [3.8, 4) is 0 Å². The van der Waals surface area contributed by atoms with Crippen molar-refractivity contribution in [2.24, 2.45) is 0 Å². The monoisotopic (exact) mass is 280 g/mol. The number of nitrogens with zero attached hydrogens (tertiary/aromatic N) is 1. The molecule has 96 valence electrons. The topological polar surface area (TPSA) is 49.4 Å². The molecule has 0 aliphatic carbocycles. The Morgan fingerprint density at radius 2 is 2.00 bits per heavy atom. The van der Waals surface area contributed by atoms with Gasteiger partial charge >= 0.3 is 0 Å². The first kappa shape index (κ1) is 14.4. The third-order valence-corrected chi connectivity index (χ3v) is 4.44. The fourth-order valence-electron chi connectivity index (χ4n) is 1.30. The molecule has 0 unspecified atom stereocenters. The average Bonchev–Trinajstić information content (AvgIpc) is 2.24. The van der Waals surface area contributed by atoms with Crippen LogP contribution in [0.15, 0.2) is 17.0 Å². The molecule has 1 aromatic rings. The van der Waals surface area contributed by atoms with Gasteiger partial charge in [-0.05, 0) is 24.7 Å². The lowest BCUT2D eigenvalue weighted by Crippen LogP contribution is -2.22. The molecule has 4 nitrogen and oxygen atoms in total. The van der Waals surface area contributed by atoms with E-state index in [4.69, 9.17) is 11.6 Å². The van der Waals surface area contributed by atoms with Gasteiger partial charge in [0.2, 0.25) is 10.0 Å². The van der Waals surface area contributed by atoms with Crippen LogP contribution in [0, 0.1) is 5.82 Å². The summed E-state index contributed by atoms with van der Waals surface area (Å²) in [6, 6.07) is 2.30. The molecule has 1 N–H and O–H groups in total. The molecule has 0 saturated carbocycles. The van der Waals surface area contributed by atoms with Gasteiger partial charge < -0.3 is 5.32 Å². The first-order valence-corrected chi connectivity index (χ1v) is 6.67. The van der Waals surface area contributed by atoms with E-state index < -0.39 is 15.8 Å². The molecule has 1 rings (SSSR count). The molecule has 0 spiro atoms. The third-order valence-electron chi connectivity index (χ3n) is 2.22. The van der Waals surface area contributed by atoms with Crippen LogP contribution < -0.4 is 5.32 Å². The molecule has 0 bridgehead atoms. The summed E-state index contributed by atoms with van der Waals surface area (Å²) in [7, 11) is 0.795. The van der Waals surface area contributed by atoms with Crippen molar-refractivity contribution in [1.29, 1.82) is 0 Å². The molecule has 0 aliphatic heterocycles. The number of halogens is 2. The van der Waals surface area contributed by atoms with Crippen LogP contribution in [0.2, 0.25) is 5.02 Å². The highest BCUT2D eigenvalue weighted by molar-refractivity contribution is 7.89.